The number of nitrogens with zero attached hydrogens (tertiary/aromatic N) is 2. The van der Waals surface area contributed by atoms with Gasteiger partial charge in [-0.15, -0.1) is 54.1 Å². The molecule has 0 aliphatic carbocycles. The molecule has 3 heterocycles. The standard InChI is InChI=1S/C26H18F2NO.C17H22NSi.Ir/c1-14-9-15(2)25(16(3)10-14)21-12-23(29-13-22(21)28)20-6-4-5-19-18-8-7-17(27)11-24(18)30-26(19)20;1-13(2)15-11-16(14-9-7-6-8-10-14)18-12-17(15)19(3,4)5;/h4-5,7-13H,1-3H3;6-9,11-13H,1-5H3;/q2*-1;/i;13D;. The van der Waals surface area contributed by atoms with Gasteiger partial charge in [-0.2, -0.15) is 0 Å². The molecule has 0 fully saturated rings. The van der Waals surface area contributed by atoms with Crippen molar-refractivity contribution in [3.63, 3.8) is 0 Å². The second kappa shape index (κ2) is 14.9. The molecule has 0 spiro atoms. The third-order valence-corrected chi connectivity index (χ3v) is 10.7. The maximum atomic E-state index is 14.8. The summed E-state index contributed by atoms with van der Waals surface area (Å²) in [6.45, 7) is 16.8. The molecule has 0 atom stereocenters. The number of aromatic nitrogens is 2. The van der Waals surface area contributed by atoms with Gasteiger partial charge in [-0.05, 0) is 72.1 Å². The minimum atomic E-state index is -1.50. The third kappa shape index (κ3) is 7.56. The molecule has 0 aliphatic heterocycles. The number of hydrogen-bond acceptors (Lipinski definition) is 3. The van der Waals surface area contributed by atoms with E-state index in [2.05, 4.69) is 47.8 Å². The zero-order chi connectivity index (χ0) is 36.0. The number of aryl methyl sites for hydroxylation is 3. The minimum absolute atomic E-state index is 0. The molecule has 0 saturated carbocycles. The molecule has 1 radical (unpaired) electrons. The first-order valence-corrected chi connectivity index (χ1v) is 19.9. The third-order valence-electron chi connectivity index (χ3n) is 8.69. The summed E-state index contributed by atoms with van der Waals surface area (Å²) in [7, 11) is -1.50. The fourth-order valence-electron chi connectivity index (χ4n) is 6.44. The summed E-state index contributed by atoms with van der Waals surface area (Å²) >= 11 is 0. The van der Waals surface area contributed by atoms with Crippen LogP contribution >= 0.6 is 0 Å². The van der Waals surface area contributed by atoms with E-state index in [1.807, 2.05) is 83.3 Å². The molecule has 0 amide bonds. The summed E-state index contributed by atoms with van der Waals surface area (Å²) in [5.41, 5.74) is 9.67. The Morgan fingerprint density at radius 2 is 1.52 bits per heavy atom. The van der Waals surface area contributed by atoms with Crippen LogP contribution in [0.4, 0.5) is 8.78 Å². The second-order valence-corrected chi connectivity index (χ2v) is 18.8. The molecule has 3 aromatic heterocycles. The Balaban J connectivity index is 0.000000211. The van der Waals surface area contributed by atoms with Crippen LogP contribution in [0.2, 0.25) is 19.6 Å². The van der Waals surface area contributed by atoms with Crippen molar-refractivity contribution in [1.29, 1.82) is 0 Å². The number of halogens is 2. The molecule has 50 heavy (non-hydrogen) atoms. The average Bonchev–Trinajstić information content (AvgIpc) is 3.42. The van der Waals surface area contributed by atoms with Gasteiger partial charge in [0.15, 0.2) is 0 Å². The first kappa shape index (κ1) is 35.5. The molecule has 0 N–H and O–H groups in total. The minimum Gasteiger partial charge on any atom is -0.500 e. The molecule has 0 aliphatic rings. The van der Waals surface area contributed by atoms with E-state index in [-0.39, 0.29) is 31.7 Å². The Bertz CT molecular complexity index is 2340. The van der Waals surface area contributed by atoms with E-state index in [0.717, 1.165) is 49.8 Å². The second-order valence-electron chi connectivity index (χ2n) is 13.8. The quantitative estimate of drug-likeness (QED) is 0.128. The van der Waals surface area contributed by atoms with Crippen LogP contribution in [-0.4, -0.2) is 18.0 Å². The van der Waals surface area contributed by atoms with Gasteiger partial charge in [0.2, 0.25) is 0 Å². The SMILES string of the molecule is Cc1cc(C)c(-c2cc(-c3[c-]ccc4c3oc3cc(F)ccc34)ncc2F)c(C)c1.[2H]C(C)(C)c1cc(-c2[c-]cccc2)ncc1[Si](C)(C)C.[Ir]. The maximum Gasteiger partial charge on any atom is 0.147 e. The molecule has 0 saturated heterocycles. The first-order valence-electron chi connectivity index (χ1n) is 16.9. The zero-order valence-electron chi connectivity index (χ0n) is 30.6. The number of pyridine rings is 2. The summed E-state index contributed by atoms with van der Waals surface area (Å²) in [6.07, 6.45) is 3.21. The smallest absolute Gasteiger partial charge is 0.147 e. The molecule has 0 bridgehead atoms. The van der Waals surface area contributed by atoms with Crippen LogP contribution in [0.5, 0.6) is 0 Å². The van der Waals surface area contributed by atoms with Gasteiger partial charge in [-0.25, -0.2) is 8.78 Å². The van der Waals surface area contributed by atoms with Crippen molar-refractivity contribution in [1.82, 2.24) is 9.97 Å². The molecule has 257 valence electrons. The normalized spacial score (nSPS) is 11.9. The molecular weight excluding hydrogens is 819 g/mol. The molecular formula is C43H40F2IrN2OSi-2. The molecule has 3 nitrogen and oxygen atoms in total. The molecule has 7 heteroatoms. The van der Waals surface area contributed by atoms with Crippen molar-refractivity contribution in [3.05, 3.63) is 137 Å². The van der Waals surface area contributed by atoms with E-state index in [1.54, 1.807) is 18.2 Å². The number of fused-ring (bicyclic) bond motifs is 3. The predicted molar refractivity (Wildman–Crippen MR) is 201 cm³/mol. The number of hydrogen-bond donors (Lipinski definition) is 0. The van der Waals surface area contributed by atoms with Crippen LogP contribution in [0.25, 0.3) is 55.6 Å². The maximum absolute atomic E-state index is 14.8. The number of benzene rings is 4. The average molecular weight is 860 g/mol. The Morgan fingerprint density at radius 1 is 0.800 bits per heavy atom. The van der Waals surface area contributed by atoms with E-state index in [4.69, 9.17) is 5.79 Å². The Hall–Kier alpha value is -4.29. The fourth-order valence-corrected chi connectivity index (χ4v) is 8.03. The van der Waals surface area contributed by atoms with Crippen molar-refractivity contribution in [2.45, 2.75) is 60.2 Å². The molecule has 7 rings (SSSR count). The van der Waals surface area contributed by atoms with E-state index in [1.165, 1.54) is 23.5 Å². The van der Waals surface area contributed by atoms with Gasteiger partial charge < -0.3 is 14.4 Å². The van der Waals surface area contributed by atoms with Gasteiger partial charge >= 0.3 is 0 Å². The van der Waals surface area contributed by atoms with Crippen LogP contribution in [0, 0.1) is 44.5 Å². The summed E-state index contributed by atoms with van der Waals surface area (Å²) in [5.74, 6) is -1.35. The predicted octanol–water partition coefficient (Wildman–Crippen LogP) is 11.5. The van der Waals surface area contributed by atoms with Gasteiger partial charge in [0.1, 0.15) is 17.2 Å². The molecule has 0 unspecified atom stereocenters. The van der Waals surface area contributed by atoms with E-state index in [9.17, 15) is 8.78 Å². The van der Waals surface area contributed by atoms with Gasteiger partial charge in [0.25, 0.3) is 0 Å². The topological polar surface area (TPSA) is 38.9 Å². The van der Waals surface area contributed by atoms with E-state index >= 15 is 0 Å². The van der Waals surface area contributed by atoms with Crippen molar-refractivity contribution in [3.8, 4) is 33.6 Å². The first-order chi connectivity index (χ1) is 23.6. The number of rotatable bonds is 5. The Labute approximate surface area is 309 Å². The summed E-state index contributed by atoms with van der Waals surface area (Å²) in [6, 6.07) is 30.3. The van der Waals surface area contributed by atoms with E-state index < -0.39 is 14.0 Å². The van der Waals surface area contributed by atoms with Crippen molar-refractivity contribution in [2.75, 3.05) is 0 Å². The van der Waals surface area contributed by atoms with Crippen LogP contribution in [0.15, 0.2) is 95.7 Å². The van der Waals surface area contributed by atoms with Crippen LogP contribution < -0.4 is 5.19 Å². The number of furan rings is 1. The zero-order valence-corrected chi connectivity index (χ0v) is 32.9. The van der Waals surface area contributed by atoms with Crippen LogP contribution in [-0.2, 0) is 20.1 Å². The van der Waals surface area contributed by atoms with Gasteiger partial charge in [0.05, 0.1) is 19.9 Å². The summed E-state index contributed by atoms with van der Waals surface area (Å²) in [4.78, 5) is 8.92. The van der Waals surface area contributed by atoms with Gasteiger partial charge in [0, 0.05) is 44.7 Å². The Morgan fingerprint density at radius 3 is 2.18 bits per heavy atom. The van der Waals surface area contributed by atoms with Crippen molar-refractivity contribution >= 4 is 35.2 Å². The van der Waals surface area contributed by atoms with Gasteiger partial charge in [-0.3, -0.25) is 0 Å². The van der Waals surface area contributed by atoms with Crippen molar-refractivity contribution in [2.24, 2.45) is 0 Å². The van der Waals surface area contributed by atoms with Crippen molar-refractivity contribution < 1.29 is 34.7 Å². The van der Waals surface area contributed by atoms with E-state index in [0.29, 0.717) is 28.0 Å². The summed E-state index contributed by atoms with van der Waals surface area (Å²) < 4.78 is 42.9. The summed E-state index contributed by atoms with van der Waals surface area (Å²) in [5, 5.41) is 2.93. The Kier molecular flexibility index (Phi) is 10.6. The monoisotopic (exact) mass is 860 g/mol. The fraction of sp³-hybridized carbons (Fsp3) is 0.209. The molecule has 7 aromatic rings. The molecule has 4 aromatic carbocycles. The van der Waals surface area contributed by atoms with Crippen LogP contribution in [0.1, 0.15) is 43.4 Å². The van der Waals surface area contributed by atoms with Crippen LogP contribution in [0.3, 0.4) is 0 Å². The largest absolute Gasteiger partial charge is 0.500 e. The van der Waals surface area contributed by atoms with Gasteiger partial charge in [-0.1, -0.05) is 79.8 Å².